The summed E-state index contributed by atoms with van der Waals surface area (Å²) in [5, 5.41) is 4.19. The molecule has 3 aromatic heterocycles. The van der Waals surface area contributed by atoms with Gasteiger partial charge < -0.3 is 9.64 Å². The predicted molar refractivity (Wildman–Crippen MR) is 119 cm³/mol. The van der Waals surface area contributed by atoms with Crippen LogP contribution in [0.1, 0.15) is 32.7 Å². The molecule has 0 aromatic carbocycles. The van der Waals surface area contributed by atoms with Gasteiger partial charge >= 0.3 is 5.97 Å². The molecule has 33 heavy (non-hydrogen) atoms. The van der Waals surface area contributed by atoms with Crippen LogP contribution in [0.4, 0.5) is 0 Å². The zero-order valence-electron chi connectivity index (χ0n) is 17.9. The number of esters is 1. The molecule has 0 atom stereocenters. The standard InChI is InChI=1S/C24H21N5O4/c1-2-33-24(32)20-15-21(18-7-3-5-11-25-18)29(27-20)23(31)17-9-13-28(14-10-17)16-22(30)19-8-4-6-12-26-19/h3-13,15H,2,14,16H2,1H3. The van der Waals surface area contributed by atoms with Gasteiger partial charge in [-0.2, -0.15) is 9.78 Å². The summed E-state index contributed by atoms with van der Waals surface area (Å²) in [6, 6.07) is 11.9. The Morgan fingerprint density at radius 1 is 1.03 bits per heavy atom. The highest BCUT2D eigenvalue weighted by atomic mass is 16.5. The van der Waals surface area contributed by atoms with Crippen molar-refractivity contribution < 1.29 is 19.1 Å². The number of allylic oxidation sites excluding steroid dienone is 2. The van der Waals surface area contributed by atoms with Crippen molar-refractivity contribution in [3.05, 3.63) is 90.2 Å². The normalized spacial score (nSPS) is 12.9. The van der Waals surface area contributed by atoms with E-state index < -0.39 is 11.9 Å². The minimum Gasteiger partial charge on any atom is -0.461 e. The van der Waals surface area contributed by atoms with Crippen molar-refractivity contribution in [2.75, 3.05) is 19.7 Å². The Balaban J connectivity index is 1.54. The summed E-state index contributed by atoms with van der Waals surface area (Å²) in [7, 11) is 0. The van der Waals surface area contributed by atoms with E-state index in [1.54, 1.807) is 79.0 Å². The molecule has 166 valence electrons. The Labute approximate surface area is 190 Å². The fourth-order valence-corrected chi connectivity index (χ4v) is 3.26. The van der Waals surface area contributed by atoms with Crippen LogP contribution in [0, 0.1) is 0 Å². The van der Waals surface area contributed by atoms with Crippen LogP contribution in [-0.2, 0) is 4.74 Å². The summed E-state index contributed by atoms with van der Waals surface area (Å²) in [5.74, 6) is -1.15. The second kappa shape index (κ2) is 9.82. The fourth-order valence-electron chi connectivity index (χ4n) is 3.26. The number of hydrogen-bond acceptors (Lipinski definition) is 8. The van der Waals surface area contributed by atoms with E-state index in [-0.39, 0.29) is 24.6 Å². The fraction of sp³-hybridized carbons (Fsp3) is 0.167. The minimum atomic E-state index is -0.617. The second-order valence-corrected chi connectivity index (χ2v) is 7.11. The highest BCUT2D eigenvalue weighted by molar-refractivity contribution is 6.01. The van der Waals surface area contributed by atoms with E-state index in [1.807, 2.05) is 0 Å². The van der Waals surface area contributed by atoms with Crippen molar-refractivity contribution in [2.24, 2.45) is 0 Å². The Hall–Kier alpha value is -4.40. The van der Waals surface area contributed by atoms with Gasteiger partial charge in [0.1, 0.15) is 5.69 Å². The zero-order valence-corrected chi connectivity index (χ0v) is 17.9. The molecule has 0 aliphatic carbocycles. The quantitative estimate of drug-likeness (QED) is 0.405. The summed E-state index contributed by atoms with van der Waals surface area (Å²) >= 11 is 0. The van der Waals surface area contributed by atoms with Crippen LogP contribution in [0.15, 0.2) is 78.8 Å². The first-order valence-electron chi connectivity index (χ1n) is 10.4. The molecule has 1 aliphatic rings. The van der Waals surface area contributed by atoms with Crippen LogP contribution in [0.3, 0.4) is 0 Å². The summed E-state index contributed by atoms with van der Waals surface area (Å²) < 4.78 is 6.18. The predicted octanol–water partition coefficient (Wildman–Crippen LogP) is 2.80. The number of carbonyl (C=O) groups excluding carboxylic acids is 3. The lowest BCUT2D eigenvalue weighted by atomic mass is 10.1. The van der Waals surface area contributed by atoms with Gasteiger partial charge in [0, 0.05) is 36.8 Å². The molecule has 9 heteroatoms. The van der Waals surface area contributed by atoms with Crippen molar-refractivity contribution >= 4 is 17.7 Å². The zero-order chi connectivity index (χ0) is 23.2. The number of ether oxygens (including phenoxy) is 1. The van der Waals surface area contributed by atoms with Crippen LogP contribution >= 0.6 is 0 Å². The molecule has 0 spiro atoms. The molecule has 0 N–H and O–H groups in total. The lowest BCUT2D eigenvalue weighted by Crippen LogP contribution is -2.29. The van der Waals surface area contributed by atoms with E-state index in [2.05, 4.69) is 15.1 Å². The Kier molecular flexibility index (Phi) is 6.49. The van der Waals surface area contributed by atoms with Gasteiger partial charge in [-0.15, -0.1) is 0 Å². The van der Waals surface area contributed by atoms with Gasteiger partial charge in [-0.1, -0.05) is 18.2 Å². The lowest BCUT2D eigenvalue weighted by Gasteiger charge is -2.21. The highest BCUT2D eigenvalue weighted by Gasteiger charge is 2.23. The monoisotopic (exact) mass is 443 g/mol. The molecule has 4 heterocycles. The van der Waals surface area contributed by atoms with E-state index in [0.29, 0.717) is 29.2 Å². The van der Waals surface area contributed by atoms with Gasteiger partial charge in [0.05, 0.1) is 24.5 Å². The average Bonchev–Trinajstić information content (AvgIpc) is 3.31. The summed E-state index contributed by atoms with van der Waals surface area (Å²) in [5.41, 5.74) is 1.67. The Bertz CT molecular complexity index is 1230. The lowest BCUT2D eigenvalue weighted by molar-refractivity contribution is 0.0518. The molecule has 0 radical (unpaired) electrons. The summed E-state index contributed by atoms with van der Waals surface area (Å²) in [6.45, 7) is 2.39. The largest absolute Gasteiger partial charge is 0.461 e. The smallest absolute Gasteiger partial charge is 0.358 e. The number of Topliss-reactive ketones (excluding diaryl/α,β-unsaturated/α-hetero) is 1. The molecule has 9 nitrogen and oxygen atoms in total. The molecular weight excluding hydrogens is 422 g/mol. The summed E-state index contributed by atoms with van der Waals surface area (Å²) in [4.78, 5) is 47.9. The van der Waals surface area contributed by atoms with E-state index in [9.17, 15) is 14.4 Å². The minimum absolute atomic E-state index is 0.0221. The first-order valence-corrected chi connectivity index (χ1v) is 10.4. The molecule has 0 bridgehead atoms. The van der Waals surface area contributed by atoms with Gasteiger partial charge in [-0.05, 0) is 37.3 Å². The highest BCUT2D eigenvalue weighted by Crippen LogP contribution is 2.21. The van der Waals surface area contributed by atoms with Crippen molar-refractivity contribution in [1.29, 1.82) is 0 Å². The maximum Gasteiger partial charge on any atom is 0.358 e. The Morgan fingerprint density at radius 3 is 2.45 bits per heavy atom. The first kappa shape index (κ1) is 21.8. The average molecular weight is 443 g/mol. The number of carbonyl (C=O) groups is 3. The van der Waals surface area contributed by atoms with E-state index in [1.165, 1.54) is 6.07 Å². The molecule has 0 fully saturated rings. The maximum atomic E-state index is 13.2. The van der Waals surface area contributed by atoms with Crippen LogP contribution in [0.25, 0.3) is 11.4 Å². The Morgan fingerprint density at radius 2 is 1.82 bits per heavy atom. The summed E-state index contributed by atoms with van der Waals surface area (Å²) in [6.07, 6.45) is 8.18. The number of rotatable bonds is 7. The van der Waals surface area contributed by atoms with Crippen LogP contribution in [0.5, 0.6) is 0 Å². The van der Waals surface area contributed by atoms with Crippen molar-refractivity contribution in [2.45, 2.75) is 6.92 Å². The van der Waals surface area contributed by atoms with Crippen molar-refractivity contribution in [1.82, 2.24) is 24.6 Å². The van der Waals surface area contributed by atoms with Crippen LogP contribution < -0.4 is 0 Å². The van der Waals surface area contributed by atoms with E-state index in [0.717, 1.165) is 4.68 Å². The topological polar surface area (TPSA) is 107 Å². The molecule has 0 unspecified atom stereocenters. The number of aromatic nitrogens is 4. The molecule has 0 saturated carbocycles. The van der Waals surface area contributed by atoms with Crippen molar-refractivity contribution in [3.63, 3.8) is 0 Å². The SMILES string of the molecule is CCOC(=O)c1cc(-c2ccccn2)n(C(=O)C2=CCN(CC(=O)c3ccccn3)C=C2)n1. The van der Waals surface area contributed by atoms with Gasteiger partial charge in [-0.25, -0.2) is 4.79 Å². The van der Waals surface area contributed by atoms with Crippen LogP contribution in [0.2, 0.25) is 0 Å². The number of hydrogen-bond donors (Lipinski definition) is 0. The third-order valence-electron chi connectivity index (χ3n) is 4.87. The van der Waals surface area contributed by atoms with Gasteiger partial charge in [0.15, 0.2) is 11.5 Å². The first-order chi connectivity index (χ1) is 16.1. The molecule has 0 saturated heterocycles. The maximum absolute atomic E-state index is 13.2. The third kappa shape index (κ3) is 4.93. The number of pyridine rings is 2. The number of ketones is 1. The molecular formula is C24H21N5O4. The molecule has 4 rings (SSSR count). The van der Waals surface area contributed by atoms with Gasteiger partial charge in [0.2, 0.25) is 0 Å². The van der Waals surface area contributed by atoms with Crippen molar-refractivity contribution in [3.8, 4) is 11.4 Å². The number of nitrogens with zero attached hydrogens (tertiary/aromatic N) is 5. The molecule has 1 aliphatic heterocycles. The van der Waals surface area contributed by atoms with E-state index >= 15 is 0 Å². The molecule has 0 amide bonds. The van der Waals surface area contributed by atoms with E-state index in [4.69, 9.17) is 4.74 Å². The van der Waals surface area contributed by atoms with Gasteiger partial charge in [-0.3, -0.25) is 19.6 Å². The van der Waals surface area contributed by atoms with Gasteiger partial charge in [0.25, 0.3) is 5.91 Å². The molecule has 3 aromatic rings. The van der Waals surface area contributed by atoms with Crippen LogP contribution in [-0.4, -0.2) is 62.0 Å². The third-order valence-corrected chi connectivity index (χ3v) is 4.87. The second-order valence-electron chi connectivity index (χ2n) is 7.11.